The van der Waals surface area contributed by atoms with E-state index < -0.39 is 85.8 Å². The highest BCUT2D eigenvalue weighted by Crippen LogP contribution is 2.48. The number of esters is 1. The van der Waals surface area contributed by atoms with Crippen LogP contribution in [0.3, 0.4) is 0 Å². The Labute approximate surface area is 194 Å². The molecule has 12 nitrogen and oxygen atoms in total. The fraction of sp³-hybridized carbons (Fsp3) is 0.591. The lowest BCUT2D eigenvalue weighted by atomic mass is 9.83. The van der Waals surface area contributed by atoms with Gasteiger partial charge in [-0.3, -0.25) is 0 Å². The van der Waals surface area contributed by atoms with Crippen LogP contribution in [0.1, 0.15) is 10.4 Å². The summed E-state index contributed by atoms with van der Waals surface area (Å²) in [6.45, 7) is -1.63. The van der Waals surface area contributed by atoms with Crippen molar-refractivity contribution >= 4 is 5.97 Å². The van der Waals surface area contributed by atoms with Crippen LogP contribution < -0.4 is 0 Å². The second-order valence-electron chi connectivity index (χ2n) is 8.60. The Morgan fingerprint density at radius 1 is 1.00 bits per heavy atom. The molecule has 0 aromatic heterocycles. The molecule has 1 aromatic rings. The fourth-order valence-corrected chi connectivity index (χ4v) is 4.71. The molecule has 1 aliphatic carbocycles. The molecule has 0 amide bonds. The maximum atomic E-state index is 12.6. The van der Waals surface area contributed by atoms with E-state index in [1.807, 2.05) is 0 Å². The van der Waals surface area contributed by atoms with E-state index in [0.717, 1.165) is 0 Å². The minimum Gasteiger partial charge on any atom is -0.472 e. The van der Waals surface area contributed by atoms with Crippen molar-refractivity contribution in [1.29, 1.82) is 0 Å². The summed E-state index contributed by atoms with van der Waals surface area (Å²) in [6, 6.07) is 8.01. The van der Waals surface area contributed by atoms with Crippen molar-refractivity contribution in [3.63, 3.8) is 0 Å². The Morgan fingerprint density at radius 3 is 2.35 bits per heavy atom. The lowest BCUT2D eigenvalue weighted by Gasteiger charge is -2.43. The van der Waals surface area contributed by atoms with Crippen LogP contribution in [0.25, 0.3) is 0 Å². The Bertz CT molecular complexity index is 878. The van der Waals surface area contributed by atoms with Gasteiger partial charge in [0, 0.05) is 5.92 Å². The number of carbonyl (C=O) groups is 1. The van der Waals surface area contributed by atoms with Crippen LogP contribution in [0.2, 0.25) is 0 Å². The lowest BCUT2D eigenvalue weighted by Crippen LogP contribution is -2.61. The topological polar surface area (TPSA) is 196 Å². The maximum absolute atomic E-state index is 12.6. The zero-order valence-corrected chi connectivity index (χ0v) is 17.9. The van der Waals surface area contributed by atoms with Crippen LogP contribution in [0.4, 0.5) is 0 Å². The molecule has 0 spiro atoms. The molecule has 4 rings (SSSR count). The molecular weight excluding hydrogens is 456 g/mol. The van der Waals surface area contributed by atoms with Gasteiger partial charge in [-0.2, -0.15) is 0 Å². The van der Waals surface area contributed by atoms with Gasteiger partial charge in [-0.25, -0.2) is 4.79 Å². The molecular formula is C22H28O12. The van der Waals surface area contributed by atoms with Gasteiger partial charge in [0.25, 0.3) is 0 Å². The van der Waals surface area contributed by atoms with Crippen LogP contribution in [0.15, 0.2) is 42.7 Å². The van der Waals surface area contributed by atoms with Gasteiger partial charge in [0.2, 0.25) is 6.29 Å². The number of benzene rings is 1. The Morgan fingerprint density at radius 2 is 1.71 bits per heavy atom. The number of ether oxygens (including phenoxy) is 4. The maximum Gasteiger partial charge on any atom is 0.338 e. The summed E-state index contributed by atoms with van der Waals surface area (Å²) < 4.78 is 21.9. The zero-order valence-electron chi connectivity index (χ0n) is 17.9. The number of aliphatic hydroxyl groups excluding tert-OH is 6. The number of carbonyl (C=O) groups excluding carboxylic acids is 1. The highest BCUT2D eigenvalue weighted by atomic mass is 16.8. The highest BCUT2D eigenvalue weighted by Gasteiger charge is 2.65. The van der Waals surface area contributed by atoms with Crippen LogP contribution in [-0.4, -0.2) is 110 Å². The lowest BCUT2D eigenvalue weighted by molar-refractivity contribution is -0.348. The van der Waals surface area contributed by atoms with E-state index in [0.29, 0.717) is 0 Å². The number of fused-ring (bicyclic) bond motifs is 1. The van der Waals surface area contributed by atoms with E-state index in [9.17, 15) is 40.5 Å². The van der Waals surface area contributed by atoms with E-state index in [4.69, 9.17) is 18.9 Å². The first-order valence-electron chi connectivity index (χ1n) is 10.8. The molecule has 188 valence electrons. The number of hydrogen-bond acceptors (Lipinski definition) is 12. The van der Waals surface area contributed by atoms with Gasteiger partial charge < -0.3 is 54.7 Å². The summed E-state index contributed by atoms with van der Waals surface area (Å²) in [5, 5.41) is 71.6. The average molecular weight is 484 g/mol. The summed E-state index contributed by atoms with van der Waals surface area (Å²) in [5.41, 5.74) is -2.02. The van der Waals surface area contributed by atoms with E-state index in [-0.39, 0.29) is 5.56 Å². The first kappa shape index (κ1) is 25.0. The van der Waals surface area contributed by atoms with Crippen molar-refractivity contribution in [3.8, 4) is 0 Å². The molecule has 3 aliphatic rings. The van der Waals surface area contributed by atoms with Crippen molar-refractivity contribution in [2.45, 2.75) is 54.8 Å². The van der Waals surface area contributed by atoms with Gasteiger partial charge >= 0.3 is 5.97 Å². The molecule has 12 heteroatoms. The Balaban J connectivity index is 1.57. The molecule has 1 aromatic carbocycles. The minimum atomic E-state index is -2.24. The highest BCUT2D eigenvalue weighted by molar-refractivity contribution is 5.89. The molecule has 0 bridgehead atoms. The average Bonchev–Trinajstić information content (AvgIpc) is 3.07. The monoisotopic (exact) mass is 484 g/mol. The number of rotatable bonds is 6. The summed E-state index contributed by atoms with van der Waals surface area (Å²) in [4.78, 5) is 12.6. The quantitative estimate of drug-likeness (QED) is 0.206. The predicted octanol–water partition coefficient (Wildman–Crippen LogP) is -2.77. The first-order valence-corrected chi connectivity index (χ1v) is 10.8. The van der Waals surface area contributed by atoms with Crippen LogP contribution in [0, 0.1) is 11.8 Å². The number of aliphatic hydroxyl groups is 7. The molecule has 2 fully saturated rings. The van der Waals surface area contributed by atoms with Crippen LogP contribution >= 0.6 is 0 Å². The van der Waals surface area contributed by atoms with Gasteiger partial charge in [0.15, 0.2) is 6.29 Å². The first-order chi connectivity index (χ1) is 16.2. The second-order valence-corrected chi connectivity index (χ2v) is 8.60. The Kier molecular flexibility index (Phi) is 7.24. The third kappa shape index (κ3) is 4.21. The van der Waals surface area contributed by atoms with Gasteiger partial charge in [-0.15, -0.1) is 0 Å². The smallest absolute Gasteiger partial charge is 0.338 e. The predicted molar refractivity (Wildman–Crippen MR) is 110 cm³/mol. The molecule has 11 atom stereocenters. The van der Waals surface area contributed by atoms with Gasteiger partial charge in [0.05, 0.1) is 31.0 Å². The minimum absolute atomic E-state index is 0.218. The van der Waals surface area contributed by atoms with Gasteiger partial charge in [0.1, 0.15) is 42.2 Å². The molecule has 2 heterocycles. The van der Waals surface area contributed by atoms with Crippen molar-refractivity contribution < 1.29 is 59.5 Å². The van der Waals surface area contributed by atoms with E-state index in [1.165, 1.54) is 24.5 Å². The molecule has 0 unspecified atom stereocenters. The zero-order chi connectivity index (χ0) is 24.6. The standard InChI is InChI=1S/C22H28O12/c23-8-12-14(25)15(26)16(27)21(32-12)34-20-13-11(6-7-31-20)17(18(28)22(13,30)9-24)33-19(29)10-4-2-1-3-5-10/h1-7,11-18,20-21,23-28,30H,8-9H2/t11-,12-,13+,14+,15+,16+,17-,18+,20+,21-,22+/m0/s1. The van der Waals surface area contributed by atoms with Crippen molar-refractivity contribution in [2.75, 3.05) is 13.2 Å². The number of hydrogen-bond donors (Lipinski definition) is 7. The van der Waals surface area contributed by atoms with E-state index in [2.05, 4.69) is 0 Å². The normalized spacial score (nSPS) is 43.7. The molecule has 1 saturated heterocycles. The summed E-state index contributed by atoms with van der Waals surface area (Å²) >= 11 is 0. The van der Waals surface area contributed by atoms with E-state index >= 15 is 0 Å². The SMILES string of the molecule is O=C(O[C@H]1[C@H]2C=CO[C@H](O[C@@H]3O[C@@H](CO)[C@@H](O)[C@@H](O)[C@H]3O)[C@@H]2[C@](O)(CO)[C@@H]1O)c1ccccc1. The Hall–Kier alpha value is -2.13. The van der Waals surface area contributed by atoms with Crippen molar-refractivity contribution in [2.24, 2.45) is 11.8 Å². The van der Waals surface area contributed by atoms with Gasteiger partial charge in [-0.05, 0) is 18.2 Å². The van der Waals surface area contributed by atoms with Crippen LogP contribution in [0.5, 0.6) is 0 Å². The third-order valence-electron chi connectivity index (χ3n) is 6.62. The summed E-state index contributed by atoms with van der Waals surface area (Å²) in [7, 11) is 0. The van der Waals surface area contributed by atoms with Crippen LogP contribution in [-0.2, 0) is 18.9 Å². The second kappa shape index (κ2) is 9.85. The molecule has 1 saturated carbocycles. The largest absolute Gasteiger partial charge is 0.472 e. The molecule has 2 aliphatic heterocycles. The van der Waals surface area contributed by atoms with Crippen molar-refractivity contribution in [1.82, 2.24) is 0 Å². The molecule has 0 radical (unpaired) electrons. The van der Waals surface area contributed by atoms with Gasteiger partial charge in [-0.1, -0.05) is 18.2 Å². The summed E-state index contributed by atoms with van der Waals surface area (Å²) in [6.07, 6.45) is -9.73. The molecule has 7 N–H and O–H groups in total. The summed E-state index contributed by atoms with van der Waals surface area (Å²) in [5.74, 6) is -2.82. The van der Waals surface area contributed by atoms with Crippen molar-refractivity contribution in [3.05, 3.63) is 48.2 Å². The van der Waals surface area contributed by atoms with E-state index in [1.54, 1.807) is 18.2 Å². The fourth-order valence-electron chi connectivity index (χ4n) is 4.71. The third-order valence-corrected chi connectivity index (χ3v) is 6.62. The molecule has 34 heavy (non-hydrogen) atoms.